The van der Waals surface area contributed by atoms with Crippen molar-refractivity contribution < 1.29 is 14.3 Å². The summed E-state index contributed by atoms with van der Waals surface area (Å²) in [4.78, 5) is 23.7. The van der Waals surface area contributed by atoms with Gasteiger partial charge in [0.25, 0.3) is 0 Å². The summed E-state index contributed by atoms with van der Waals surface area (Å²) in [5, 5.41) is 10.4. The first-order chi connectivity index (χ1) is 11.8. The Balaban J connectivity index is 2.08. The largest absolute Gasteiger partial charge is 0.477 e. The number of hydrogen-bond donors (Lipinski definition) is 1. The Kier molecular flexibility index (Phi) is 3.19. The maximum absolute atomic E-state index is 12.3. The first-order valence-corrected chi connectivity index (χ1v) is 8.27. The summed E-state index contributed by atoms with van der Waals surface area (Å²) in [5.41, 5.74) is 1.68. The lowest BCUT2D eigenvalue weighted by Crippen LogP contribution is -2.32. The van der Waals surface area contributed by atoms with Crippen molar-refractivity contribution in [3.8, 4) is 11.5 Å². The van der Waals surface area contributed by atoms with Gasteiger partial charge < -0.3 is 14.1 Å². The van der Waals surface area contributed by atoms with Crippen LogP contribution in [-0.2, 0) is 6.42 Å². The summed E-state index contributed by atoms with van der Waals surface area (Å²) in [6.07, 6.45) is 2.19. The minimum absolute atomic E-state index is 0.0229. The van der Waals surface area contributed by atoms with Crippen molar-refractivity contribution in [3.63, 3.8) is 0 Å². The standard InChI is InChI=1S/C20H19NO4/c1-20(2,3)17-8-12-11-6-4-5-7-16(11)25-18(12)14-9-15(22)13(19(23)24)10-21(14)17/h4-7,9-10,17H,8H2,1-3H3,(H,23,24)/t17-/m0/s1. The smallest absolute Gasteiger partial charge is 0.341 e. The van der Waals surface area contributed by atoms with Gasteiger partial charge in [0.15, 0.2) is 11.2 Å². The fourth-order valence-electron chi connectivity index (χ4n) is 3.67. The highest BCUT2D eigenvalue weighted by molar-refractivity contribution is 5.90. The summed E-state index contributed by atoms with van der Waals surface area (Å²) in [6, 6.07) is 9.24. The molecule has 0 unspecified atom stereocenters. The van der Waals surface area contributed by atoms with E-state index in [9.17, 15) is 14.7 Å². The molecule has 0 saturated heterocycles. The maximum Gasteiger partial charge on any atom is 0.341 e. The molecule has 0 fully saturated rings. The second-order valence-electron chi connectivity index (χ2n) is 7.64. The second kappa shape index (κ2) is 5.09. The molecule has 25 heavy (non-hydrogen) atoms. The molecule has 128 valence electrons. The number of aromatic carboxylic acids is 1. The van der Waals surface area contributed by atoms with Gasteiger partial charge >= 0.3 is 5.97 Å². The molecule has 1 atom stereocenters. The minimum Gasteiger partial charge on any atom is -0.477 e. The van der Waals surface area contributed by atoms with E-state index < -0.39 is 11.4 Å². The molecular weight excluding hydrogens is 318 g/mol. The number of pyridine rings is 1. The van der Waals surface area contributed by atoms with E-state index in [1.54, 1.807) is 0 Å². The molecule has 1 aromatic carbocycles. The van der Waals surface area contributed by atoms with Gasteiger partial charge in [-0.2, -0.15) is 0 Å². The number of fused-ring (bicyclic) bond motifs is 5. The molecule has 0 spiro atoms. The molecule has 0 bridgehead atoms. The Morgan fingerprint density at radius 1 is 1.28 bits per heavy atom. The number of benzene rings is 1. The number of carboxylic acids is 1. The Bertz CT molecular complexity index is 1070. The summed E-state index contributed by atoms with van der Waals surface area (Å²) >= 11 is 0. The number of rotatable bonds is 1. The Labute approximate surface area is 144 Å². The minimum atomic E-state index is -1.21. The first kappa shape index (κ1) is 15.7. The number of furan rings is 1. The third kappa shape index (κ3) is 2.30. The van der Waals surface area contributed by atoms with Gasteiger partial charge in [0.2, 0.25) is 0 Å². The third-order valence-electron chi connectivity index (χ3n) is 4.97. The molecule has 0 radical (unpaired) electrons. The average Bonchev–Trinajstić information content (AvgIpc) is 2.91. The van der Waals surface area contributed by atoms with E-state index in [4.69, 9.17) is 4.42 Å². The monoisotopic (exact) mass is 337 g/mol. The average molecular weight is 337 g/mol. The molecule has 0 amide bonds. The van der Waals surface area contributed by atoms with Crippen molar-refractivity contribution in [2.75, 3.05) is 0 Å². The zero-order valence-corrected chi connectivity index (χ0v) is 14.4. The molecule has 3 aromatic rings. The highest BCUT2D eigenvalue weighted by Gasteiger charge is 2.36. The fourth-order valence-corrected chi connectivity index (χ4v) is 3.67. The van der Waals surface area contributed by atoms with Crippen molar-refractivity contribution >= 4 is 16.9 Å². The molecule has 2 aromatic heterocycles. The van der Waals surface area contributed by atoms with Gasteiger partial charge in [0.1, 0.15) is 11.1 Å². The highest BCUT2D eigenvalue weighted by atomic mass is 16.4. The summed E-state index contributed by atoms with van der Waals surface area (Å²) in [5.74, 6) is -0.542. The predicted octanol–water partition coefficient (Wildman–Crippen LogP) is 4.10. The summed E-state index contributed by atoms with van der Waals surface area (Å²) in [7, 11) is 0. The lowest BCUT2D eigenvalue weighted by Gasteiger charge is -2.37. The van der Waals surface area contributed by atoms with Gasteiger partial charge in [0.05, 0.1) is 5.69 Å². The molecule has 0 saturated carbocycles. The van der Waals surface area contributed by atoms with Crippen LogP contribution in [0.2, 0.25) is 0 Å². The third-order valence-corrected chi connectivity index (χ3v) is 4.97. The number of carboxylic acid groups (broad SMARTS) is 1. The van der Waals surface area contributed by atoms with Crippen LogP contribution in [0.4, 0.5) is 0 Å². The normalized spacial score (nSPS) is 16.5. The van der Waals surface area contributed by atoms with Gasteiger partial charge in [-0.15, -0.1) is 0 Å². The number of hydrogen-bond acceptors (Lipinski definition) is 3. The van der Waals surface area contributed by atoms with Crippen molar-refractivity contribution in [1.82, 2.24) is 4.57 Å². The predicted molar refractivity (Wildman–Crippen MR) is 95.1 cm³/mol. The van der Waals surface area contributed by atoms with Gasteiger partial charge in [-0.1, -0.05) is 39.0 Å². The van der Waals surface area contributed by atoms with Crippen LogP contribution in [0.5, 0.6) is 0 Å². The van der Waals surface area contributed by atoms with E-state index >= 15 is 0 Å². The molecule has 3 heterocycles. The molecule has 0 aliphatic carbocycles. The Morgan fingerprint density at radius 2 is 2.00 bits per heavy atom. The fraction of sp³-hybridized carbons (Fsp3) is 0.300. The van der Waals surface area contributed by atoms with Crippen LogP contribution in [0, 0.1) is 5.41 Å². The Hall–Kier alpha value is -2.82. The van der Waals surface area contributed by atoms with E-state index in [1.165, 1.54) is 12.3 Å². The summed E-state index contributed by atoms with van der Waals surface area (Å²) < 4.78 is 7.92. The molecule has 1 aliphatic heterocycles. The van der Waals surface area contributed by atoms with Crippen molar-refractivity contribution in [2.24, 2.45) is 5.41 Å². The van der Waals surface area contributed by atoms with Crippen LogP contribution in [0.15, 0.2) is 45.7 Å². The van der Waals surface area contributed by atoms with Crippen molar-refractivity contribution in [3.05, 3.63) is 57.9 Å². The van der Waals surface area contributed by atoms with Crippen LogP contribution >= 0.6 is 0 Å². The summed E-state index contributed by atoms with van der Waals surface area (Å²) in [6.45, 7) is 6.35. The van der Waals surface area contributed by atoms with E-state index in [2.05, 4.69) is 20.8 Å². The molecule has 4 rings (SSSR count). The zero-order chi connectivity index (χ0) is 17.9. The van der Waals surface area contributed by atoms with Crippen LogP contribution in [0.3, 0.4) is 0 Å². The zero-order valence-electron chi connectivity index (χ0n) is 14.4. The molecule has 1 aliphatic rings. The molecule has 5 nitrogen and oxygen atoms in total. The number of para-hydroxylation sites is 1. The highest BCUT2D eigenvalue weighted by Crippen LogP contribution is 2.45. The van der Waals surface area contributed by atoms with E-state index in [1.807, 2.05) is 28.8 Å². The van der Waals surface area contributed by atoms with Crippen molar-refractivity contribution in [2.45, 2.75) is 33.2 Å². The van der Waals surface area contributed by atoms with Crippen LogP contribution in [0.25, 0.3) is 22.4 Å². The number of nitrogens with zero attached hydrogens (tertiary/aromatic N) is 1. The SMILES string of the molecule is CC(C)(C)[C@@H]1Cc2c(oc3ccccc23)-c2cc(=O)c(C(=O)O)cn21. The topological polar surface area (TPSA) is 72.4 Å². The van der Waals surface area contributed by atoms with Gasteiger partial charge in [0, 0.05) is 29.3 Å². The quantitative estimate of drug-likeness (QED) is 0.725. The van der Waals surface area contributed by atoms with Crippen molar-refractivity contribution in [1.29, 1.82) is 0 Å². The van der Waals surface area contributed by atoms with E-state index in [0.29, 0.717) is 11.5 Å². The van der Waals surface area contributed by atoms with Crippen LogP contribution in [0.1, 0.15) is 42.7 Å². The van der Waals surface area contributed by atoms with E-state index in [0.717, 1.165) is 23.0 Å². The second-order valence-corrected chi connectivity index (χ2v) is 7.64. The number of carbonyl (C=O) groups is 1. The van der Waals surface area contributed by atoms with Gasteiger partial charge in [-0.25, -0.2) is 4.79 Å². The van der Waals surface area contributed by atoms with Crippen LogP contribution in [-0.4, -0.2) is 15.6 Å². The lowest BCUT2D eigenvalue weighted by atomic mass is 9.80. The van der Waals surface area contributed by atoms with E-state index in [-0.39, 0.29) is 17.0 Å². The first-order valence-electron chi connectivity index (χ1n) is 8.27. The molecule has 1 N–H and O–H groups in total. The Morgan fingerprint density at radius 3 is 2.68 bits per heavy atom. The molecular formula is C20H19NO4. The van der Waals surface area contributed by atoms with Crippen LogP contribution < -0.4 is 5.43 Å². The lowest BCUT2D eigenvalue weighted by molar-refractivity contribution is 0.0693. The number of aromatic nitrogens is 1. The van der Waals surface area contributed by atoms with Gasteiger partial charge in [-0.3, -0.25) is 4.79 Å². The molecule has 5 heteroatoms. The van der Waals surface area contributed by atoms with Gasteiger partial charge in [-0.05, 0) is 17.9 Å². The maximum atomic E-state index is 12.3.